The minimum Gasteiger partial charge on any atom is -0.434 e. The van der Waals surface area contributed by atoms with E-state index in [2.05, 4.69) is 13.8 Å². The molecule has 26 heavy (non-hydrogen) atoms. The highest BCUT2D eigenvalue weighted by molar-refractivity contribution is 5.76. The van der Waals surface area contributed by atoms with Crippen molar-refractivity contribution in [1.29, 1.82) is 0 Å². The SMILES string of the molecule is C[C@]12CCCC[C@H]1CC[C@@H]1[C@@H]2CC[C@]2(C)[C@@H](C3=COC(=O)C3)CC[C@]12O. The van der Waals surface area contributed by atoms with E-state index in [1.54, 1.807) is 6.26 Å². The highest BCUT2D eigenvalue weighted by atomic mass is 16.5. The van der Waals surface area contributed by atoms with Crippen molar-refractivity contribution in [2.24, 2.45) is 34.5 Å². The average Bonchev–Trinajstić information content (AvgIpc) is 3.15. The molecule has 0 unspecified atom stereocenters. The fourth-order valence-electron chi connectivity index (χ4n) is 8.45. The molecule has 0 aromatic rings. The van der Waals surface area contributed by atoms with Crippen molar-refractivity contribution in [3.63, 3.8) is 0 Å². The maximum atomic E-state index is 12.1. The molecule has 0 aromatic carbocycles. The van der Waals surface area contributed by atoms with E-state index in [4.69, 9.17) is 4.74 Å². The van der Waals surface area contributed by atoms with Crippen molar-refractivity contribution in [1.82, 2.24) is 0 Å². The summed E-state index contributed by atoms with van der Waals surface area (Å²) in [5, 5.41) is 12.1. The van der Waals surface area contributed by atoms with E-state index in [0.717, 1.165) is 30.8 Å². The molecule has 4 fully saturated rings. The van der Waals surface area contributed by atoms with E-state index < -0.39 is 5.60 Å². The van der Waals surface area contributed by atoms with Crippen LogP contribution in [0, 0.1) is 34.5 Å². The van der Waals surface area contributed by atoms with E-state index in [9.17, 15) is 9.90 Å². The summed E-state index contributed by atoms with van der Waals surface area (Å²) in [4.78, 5) is 11.6. The van der Waals surface area contributed by atoms with Gasteiger partial charge >= 0.3 is 5.97 Å². The third-order valence-electron chi connectivity index (χ3n) is 9.91. The number of hydrogen-bond acceptors (Lipinski definition) is 3. The third-order valence-corrected chi connectivity index (χ3v) is 9.91. The number of cyclic esters (lactones) is 1. The summed E-state index contributed by atoms with van der Waals surface area (Å²) < 4.78 is 5.15. The summed E-state index contributed by atoms with van der Waals surface area (Å²) in [7, 11) is 0. The quantitative estimate of drug-likeness (QED) is 0.672. The fraction of sp³-hybridized carbons (Fsp3) is 0.870. The highest BCUT2D eigenvalue weighted by Crippen LogP contribution is 2.70. The van der Waals surface area contributed by atoms with Gasteiger partial charge in [-0.25, -0.2) is 0 Å². The zero-order valence-corrected chi connectivity index (χ0v) is 16.4. The zero-order chi connectivity index (χ0) is 18.2. The second kappa shape index (κ2) is 5.59. The molecular weight excluding hydrogens is 324 g/mol. The lowest BCUT2D eigenvalue weighted by Crippen LogP contribution is -2.61. The van der Waals surface area contributed by atoms with E-state index in [-0.39, 0.29) is 11.4 Å². The predicted molar refractivity (Wildman–Crippen MR) is 100 cm³/mol. The van der Waals surface area contributed by atoms with Crippen LogP contribution >= 0.6 is 0 Å². The van der Waals surface area contributed by atoms with Gasteiger partial charge in [0.2, 0.25) is 0 Å². The Morgan fingerprint density at radius 2 is 1.85 bits per heavy atom. The summed E-state index contributed by atoms with van der Waals surface area (Å²) in [5.74, 6) is 2.21. The Hall–Kier alpha value is -0.830. The molecule has 1 heterocycles. The lowest BCUT2D eigenvalue weighted by Gasteiger charge is -2.63. The summed E-state index contributed by atoms with van der Waals surface area (Å²) in [6.45, 7) is 4.87. The number of carbonyl (C=O) groups excluding carboxylic acids is 1. The molecule has 144 valence electrons. The second-order valence-electron chi connectivity index (χ2n) is 10.6. The molecule has 1 aliphatic heterocycles. The topological polar surface area (TPSA) is 46.5 Å². The first kappa shape index (κ1) is 17.3. The Labute approximate surface area is 157 Å². The Morgan fingerprint density at radius 1 is 1.00 bits per heavy atom. The third kappa shape index (κ3) is 2.07. The van der Waals surface area contributed by atoms with Crippen LogP contribution in [0.15, 0.2) is 11.8 Å². The Bertz CT molecular complexity index is 654. The summed E-state index contributed by atoms with van der Waals surface area (Å²) in [5.41, 5.74) is 0.941. The molecule has 1 N–H and O–H groups in total. The Kier molecular flexibility index (Phi) is 3.72. The summed E-state index contributed by atoms with van der Waals surface area (Å²) in [6.07, 6.45) is 14.5. The van der Waals surface area contributed by atoms with Gasteiger partial charge in [-0.05, 0) is 86.0 Å². The number of rotatable bonds is 1. The maximum Gasteiger partial charge on any atom is 0.314 e. The molecule has 0 saturated heterocycles. The van der Waals surface area contributed by atoms with Crippen molar-refractivity contribution >= 4 is 5.97 Å². The monoisotopic (exact) mass is 358 g/mol. The van der Waals surface area contributed by atoms with Crippen LogP contribution in [-0.4, -0.2) is 16.7 Å². The van der Waals surface area contributed by atoms with Crippen LogP contribution in [0.1, 0.15) is 84.5 Å². The van der Waals surface area contributed by atoms with Crippen LogP contribution < -0.4 is 0 Å². The molecule has 5 aliphatic rings. The minimum atomic E-state index is -0.557. The Morgan fingerprint density at radius 3 is 2.62 bits per heavy atom. The molecule has 7 atom stereocenters. The van der Waals surface area contributed by atoms with E-state index in [0.29, 0.717) is 29.6 Å². The van der Waals surface area contributed by atoms with Gasteiger partial charge in [0.1, 0.15) is 0 Å². The number of aliphatic hydroxyl groups is 1. The van der Waals surface area contributed by atoms with Crippen molar-refractivity contribution in [2.45, 2.75) is 90.1 Å². The molecule has 0 aromatic heterocycles. The molecule has 4 saturated carbocycles. The normalized spacial score (nSPS) is 53.3. The van der Waals surface area contributed by atoms with Gasteiger partial charge in [-0.2, -0.15) is 0 Å². The van der Waals surface area contributed by atoms with Gasteiger partial charge in [0.15, 0.2) is 0 Å². The van der Waals surface area contributed by atoms with Crippen LogP contribution in [0.25, 0.3) is 0 Å². The fourth-order valence-corrected chi connectivity index (χ4v) is 8.45. The smallest absolute Gasteiger partial charge is 0.314 e. The molecule has 0 amide bonds. The van der Waals surface area contributed by atoms with Crippen molar-refractivity contribution in [2.75, 3.05) is 0 Å². The molecule has 5 rings (SSSR count). The average molecular weight is 359 g/mol. The van der Waals surface area contributed by atoms with E-state index in [1.165, 1.54) is 44.9 Å². The van der Waals surface area contributed by atoms with Crippen LogP contribution in [0.3, 0.4) is 0 Å². The number of ether oxygens (including phenoxy) is 1. The molecule has 0 spiro atoms. The minimum absolute atomic E-state index is 0.0914. The first-order valence-corrected chi connectivity index (χ1v) is 11.0. The van der Waals surface area contributed by atoms with Gasteiger partial charge in [0.05, 0.1) is 18.3 Å². The predicted octanol–water partition coefficient (Wildman–Crippen LogP) is 4.98. The number of carbonyl (C=O) groups is 1. The largest absolute Gasteiger partial charge is 0.434 e. The number of fused-ring (bicyclic) bond motifs is 5. The van der Waals surface area contributed by atoms with Gasteiger partial charge in [0, 0.05) is 5.41 Å². The molecule has 0 radical (unpaired) electrons. The van der Waals surface area contributed by atoms with E-state index in [1.807, 2.05) is 0 Å². The van der Waals surface area contributed by atoms with Gasteiger partial charge < -0.3 is 9.84 Å². The van der Waals surface area contributed by atoms with E-state index >= 15 is 0 Å². The van der Waals surface area contributed by atoms with Gasteiger partial charge in [-0.3, -0.25) is 4.79 Å². The first-order valence-electron chi connectivity index (χ1n) is 11.0. The summed E-state index contributed by atoms with van der Waals surface area (Å²) in [6, 6.07) is 0. The first-order chi connectivity index (χ1) is 12.4. The lowest BCUT2D eigenvalue weighted by atomic mass is 9.43. The van der Waals surface area contributed by atoms with Gasteiger partial charge in [-0.15, -0.1) is 0 Å². The second-order valence-corrected chi connectivity index (χ2v) is 10.6. The number of esters is 1. The molecule has 0 bridgehead atoms. The molecule has 3 heteroatoms. The van der Waals surface area contributed by atoms with Gasteiger partial charge in [-0.1, -0.05) is 26.7 Å². The molecule has 4 aliphatic carbocycles. The molecular formula is C23H34O3. The number of hydrogen-bond donors (Lipinski definition) is 1. The van der Waals surface area contributed by atoms with Crippen molar-refractivity contribution < 1.29 is 14.6 Å². The highest BCUT2D eigenvalue weighted by Gasteiger charge is 2.67. The van der Waals surface area contributed by atoms with Gasteiger partial charge in [0.25, 0.3) is 0 Å². The maximum absolute atomic E-state index is 12.1. The van der Waals surface area contributed by atoms with Crippen molar-refractivity contribution in [3.8, 4) is 0 Å². The van der Waals surface area contributed by atoms with Crippen LogP contribution in [-0.2, 0) is 9.53 Å². The Balaban J connectivity index is 1.48. The van der Waals surface area contributed by atoms with Crippen LogP contribution in [0.4, 0.5) is 0 Å². The lowest BCUT2D eigenvalue weighted by molar-refractivity contribution is -0.203. The van der Waals surface area contributed by atoms with Crippen molar-refractivity contribution in [3.05, 3.63) is 11.8 Å². The standard InChI is InChI=1S/C23H34O3/c1-21-10-4-3-5-16(21)6-7-19-18(21)8-11-22(2)17(9-12-23(19,22)25)15-13-20(24)26-14-15/h14,16-19,25H,3-13H2,1-2H3/t16-,17+,18-,19+,21-,22+,23-/m0/s1. The van der Waals surface area contributed by atoms with Crippen LogP contribution in [0.2, 0.25) is 0 Å². The molecule has 3 nitrogen and oxygen atoms in total. The summed E-state index contributed by atoms with van der Waals surface area (Å²) >= 11 is 0. The van der Waals surface area contributed by atoms with Crippen LogP contribution in [0.5, 0.6) is 0 Å². The zero-order valence-electron chi connectivity index (χ0n) is 16.4.